The smallest absolute Gasteiger partial charge is 0.135 e. The lowest BCUT2D eigenvalue weighted by molar-refractivity contribution is -0.128. The highest BCUT2D eigenvalue weighted by Crippen LogP contribution is 2.68. The molecule has 0 spiro atoms. The van der Waals surface area contributed by atoms with Gasteiger partial charge in [0.25, 0.3) is 0 Å². The van der Waals surface area contributed by atoms with E-state index in [0.717, 1.165) is 48.3 Å². The Balaban J connectivity index is 1.48. The molecule has 0 aromatic rings. The molecule has 0 aromatic heterocycles. The second kappa shape index (κ2) is 7.98. The predicted octanol–water partition coefficient (Wildman–Crippen LogP) is 7.92. The molecule has 9 atom stereocenters. The highest BCUT2D eigenvalue weighted by molar-refractivity contribution is 5.80. The molecule has 0 bridgehead atoms. The van der Waals surface area contributed by atoms with Crippen LogP contribution in [0.25, 0.3) is 0 Å². The Labute approximate surface area is 181 Å². The number of hydrogen-bond acceptors (Lipinski definition) is 1. The summed E-state index contributed by atoms with van der Waals surface area (Å²) < 4.78 is 0. The number of Topliss-reactive ketones (excluding diaryl/α,β-unsaturated/α-hetero) is 1. The van der Waals surface area contributed by atoms with Crippen molar-refractivity contribution in [1.29, 1.82) is 0 Å². The molecule has 29 heavy (non-hydrogen) atoms. The summed E-state index contributed by atoms with van der Waals surface area (Å²) in [7, 11) is 0. The van der Waals surface area contributed by atoms with Gasteiger partial charge in [0.1, 0.15) is 5.78 Å². The van der Waals surface area contributed by atoms with Gasteiger partial charge in [0.05, 0.1) is 0 Å². The zero-order chi connectivity index (χ0) is 21.0. The van der Waals surface area contributed by atoms with Gasteiger partial charge in [-0.2, -0.15) is 0 Å². The standard InChI is InChI=1S/C28H48O/c1-18(2)26(29)14-9-20(4)23-12-13-24-21-10-11-22-19(3)8-7-16-27(22,5)25(21)15-17-28(23,24)6/h18-25H,7-17H2,1-6H3/t19?,20-,21+,22?,23-,24+,25+,27+,28-/m1/s1. The summed E-state index contributed by atoms with van der Waals surface area (Å²) in [5.41, 5.74) is 1.18. The van der Waals surface area contributed by atoms with E-state index in [2.05, 4.69) is 41.5 Å². The van der Waals surface area contributed by atoms with Crippen molar-refractivity contribution in [1.82, 2.24) is 0 Å². The summed E-state index contributed by atoms with van der Waals surface area (Å²) in [6.45, 7) is 14.5. The minimum atomic E-state index is 0.207. The van der Waals surface area contributed by atoms with Crippen LogP contribution in [0, 0.1) is 58.2 Å². The van der Waals surface area contributed by atoms with Crippen molar-refractivity contribution in [3.63, 3.8) is 0 Å². The van der Waals surface area contributed by atoms with E-state index in [1.807, 2.05) is 0 Å². The highest BCUT2D eigenvalue weighted by Gasteiger charge is 2.60. The summed E-state index contributed by atoms with van der Waals surface area (Å²) in [6.07, 6.45) is 15.3. The fourth-order valence-electron chi connectivity index (χ4n) is 9.63. The van der Waals surface area contributed by atoms with Crippen LogP contribution in [0.3, 0.4) is 0 Å². The van der Waals surface area contributed by atoms with Crippen molar-refractivity contribution in [2.24, 2.45) is 58.2 Å². The third kappa shape index (κ3) is 3.55. The molecule has 166 valence electrons. The van der Waals surface area contributed by atoms with Crippen molar-refractivity contribution in [3.8, 4) is 0 Å². The molecular formula is C28H48O. The lowest BCUT2D eigenvalue weighted by Gasteiger charge is -2.62. The molecule has 1 nitrogen and oxygen atoms in total. The number of ketones is 1. The molecule has 0 heterocycles. The number of carbonyl (C=O) groups is 1. The van der Waals surface area contributed by atoms with Crippen LogP contribution in [-0.2, 0) is 4.79 Å². The Kier molecular flexibility index (Phi) is 6.02. The van der Waals surface area contributed by atoms with E-state index < -0.39 is 0 Å². The van der Waals surface area contributed by atoms with E-state index in [1.54, 1.807) is 0 Å². The number of hydrogen-bond donors (Lipinski definition) is 0. The topological polar surface area (TPSA) is 17.1 Å². The first-order chi connectivity index (χ1) is 13.7. The molecule has 0 aliphatic heterocycles. The Hall–Kier alpha value is -0.330. The van der Waals surface area contributed by atoms with Gasteiger partial charge in [-0.05, 0) is 104 Å². The first-order valence-electron chi connectivity index (χ1n) is 13.2. The van der Waals surface area contributed by atoms with Crippen molar-refractivity contribution in [2.75, 3.05) is 0 Å². The molecule has 4 rings (SSSR count). The van der Waals surface area contributed by atoms with E-state index in [1.165, 1.54) is 57.8 Å². The van der Waals surface area contributed by atoms with Gasteiger partial charge in [-0.15, -0.1) is 0 Å². The molecule has 1 heteroatoms. The normalized spacial score (nSPS) is 48.0. The third-order valence-corrected chi connectivity index (χ3v) is 11.3. The van der Waals surface area contributed by atoms with Crippen molar-refractivity contribution < 1.29 is 4.79 Å². The first-order valence-corrected chi connectivity index (χ1v) is 13.2. The number of rotatable bonds is 5. The maximum absolute atomic E-state index is 12.2. The van der Waals surface area contributed by atoms with Crippen molar-refractivity contribution >= 4 is 5.78 Å². The SMILES string of the molecule is CC(C)C(=O)CC[C@@H](C)[C@H]1CC[C@H]2[C@@H]3CCC4C(C)CCC[C@]4(C)[C@H]3CC[C@]12C. The molecule has 2 unspecified atom stereocenters. The van der Waals surface area contributed by atoms with E-state index >= 15 is 0 Å². The van der Waals surface area contributed by atoms with Crippen molar-refractivity contribution in [2.45, 2.75) is 112 Å². The largest absolute Gasteiger partial charge is 0.299 e. The maximum atomic E-state index is 12.2. The highest BCUT2D eigenvalue weighted by atomic mass is 16.1. The Morgan fingerprint density at radius 1 is 0.862 bits per heavy atom. The quantitative estimate of drug-likeness (QED) is 0.458. The van der Waals surface area contributed by atoms with Gasteiger partial charge in [-0.1, -0.05) is 54.4 Å². The van der Waals surface area contributed by atoms with Gasteiger partial charge in [0.15, 0.2) is 0 Å². The fourth-order valence-corrected chi connectivity index (χ4v) is 9.63. The minimum absolute atomic E-state index is 0.207. The molecule has 0 N–H and O–H groups in total. The van der Waals surface area contributed by atoms with Crippen LogP contribution in [0.1, 0.15) is 112 Å². The molecule has 4 aliphatic carbocycles. The van der Waals surface area contributed by atoms with Gasteiger partial charge in [-0.3, -0.25) is 4.79 Å². The van der Waals surface area contributed by atoms with Crippen LogP contribution in [0.2, 0.25) is 0 Å². The lowest BCUT2D eigenvalue weighted by atomic mass is 9.43. The van der Waals surface area contributed by atoms with E-state index in [4.69, 9.17) is 0 Å². The van der Waals surface area contributed by atoms with Gasteiger partial charge in [-0.25, -0.2) is 0 Å². The zero-order valence-corrected chi connectivity index (χ0v) is 20.3. The van der Waals surface area contributed by atoms with Gasteiger partial charge >= 0.3 is 0 Å². The molecule has 0 amide bonds. The van der Waals surface area contributed by atoms with Crippen LogP contribution in [-0.4, -0.2) is 5.78 Å². The average Bonchev–Trinajstić information content (AvgIpc) is 3.03. The number of fused-ring (bicyclic) bond motifs is 5. The third-order valence-electron chi connectivity index (χ3n) is 11.3. The Morgan fingerprint density at radius 3 is 2.28 bits per heavy atom. The second-order valence-electron chi connectivity index (χ2n) is 12.8. The summed E-state index contributed by atoms with van der Waals surface area (Å²) in [6, 6.07) is 0. The summed E-state index contributed by atoms with van der Waals surface area (Å²) >= 11 is 0. The first kappa shape index (κ1) is 21.9. The molecule has 4 aliphatic rings. The molecule has 4 fully saturated rings. The lowest BCUT2D eigenvalue weighted by Crippen LogP contribution is -2.54. The predicted molar refractivity (Wildman–Crippen MR) is 123 cm³/mol. The van der Waals surface area contributed by atoms with Crippen LogP contribution in [0.4, 0.5) is 0 Å². The van der Waals surface area contributed by atoms with E-state index in [-0.39, 0.29) is 5.92 Å². The molecule has 0 radical (unpaired) electrons. The van der Waals surface area contributed by atoms with Crippen LogP contribution in [0.15, 0.2) is 0 Å². The average molecular weight is 401 g/mol. The maximum Gasteiger partial charge on any atom is 0.135 e. The minimum Gasteiger partial charge on any atom is -0.299 e. The Morgan fingerprint density at radius 2 is 1.55 bits per heavy atom. The van der Waals surface area contributed by atoms with E-state index in [9.17, 15) is 4.79 Å². The van der Waals surface area contributed by atoms with Gasteiger partial charge in [0, 0.05) is 12.3 Å². The van der Waals surface area contributed by atoms with E-state index in [0.29, 0.717) is 22.5 Å². The molecule has 0 aromatic carbocycles. The molecular weight excluding hydrogens is 352 g/mol. The van der Waals surface area contributed by atoms with Crippen LogP contribution < -0.4 is 0 Å². The second-order valence-corrected chi connectivity index (χ2v) is 12.8. The fraction of sp³-hybridized carbons (Fsp3) is 0.964. The summed E-state index contributed by atoms with van der Waals surface area (Å²) in [5, 5.41) is 0. The van der Waals surface area contributed by atoms with Crippen LogP contribution >= 0.6 is 0 Å². The summed E-state index contributed by atoms with van der Waals surface area (Å²) in [4.78, 5) is 12.2. The molecule has 0 saturated heterocycles. The zero-order valence-electron chi connectivity index (χ0n) is 20.3. The molecule has 4 saturated carbocycles. The van der Waals surface area contributed by atoms with Gasteiger partial charge < -0.3 is 0 Å². The van der Waals surface area contributed by atoms with Crippen LogP contribution in [0.5, 0.6) is 0 Å². The summed E-state index contributed by atoms with van der Waals surface area (Å²) in [5.74, 6) is 7.15. The number of carbonyl (C=O) groups excluding carboxylic acids is 1. The van der Waals surface area contributed by atoms with Gasteiger partial charge in [0.2, 0.25) is 0 Å². The van der Waals surface area contributed by atoms with Crippen molar-refractivity contribution in [3.05, 3.63) is 0 Å². The monoisotopic (exact) mass is 400 g/mol. The Bertz CT molecular complexity index is 607.